The summed E-state index contributed by atoms with van der Waals surface area (Å²) in [6.45, 7) is 8.49. The van der Waals surface area contributed by atoms with Gasteiger partial charge in [0.15, 0.2) is 6.54 Å². The molecule has 0 aliphatic carbocycles. The lowest BCUT2D eigenvalue weighted by Gasteiger charge is -2.29. The van der Waals surface area contributed by atoms with Crippen LogP contribution in [0, 0.1) is 12.7 Å². The molecule has 1 aliphatic heterocycles. The molecule has 1 saturated heterocycles. The van der Waals surface area contributed by atoms with Crippen molar-refractivity contribution in [1.82, 2.24) is 0 Å². The molecular formula is C22H30FN3O2+2. The summed E-state index contributed by atoms with van der Waals surface area (Å²) in [4.78, 5) is 15.1. The summed E-state index contributed by atoms with van der Waals surface area (Å²) in [6, 6.07) is 14.0. The topological polar surface area (TPSA) is 47.2 Å². The number of anilines is 1. The number of piperazine rings is 1. The molecule has 1 fully saturated rings. The van der Waals surface area contributed by atoms with Gasteiger partial charge in [0.2, 0.25) is 0 Å². The average molecular weight is 387 g/mol. The second kappa shape index (κ2) is 10.2. The van der Waals surface area contributed by atoms with Gasteiger partial charge in [-0.1, -0.05) is 12.1 Å². The van der Waals surface area contributed by atoms with Crippen LogP contribution in [0.15, 0.2) is 48.5 Å². The van der Waals surface area contributed by atoms with Gasteiger partial charge in [-0.2, -0.15) is 0 Å². The standard InChI is InChI=1S/C22H28FN3O2/c1-18-4-2-5-21(16-18)28-15-3-10-25-11-13-26(14-12-25)17-22(27)24-20-8-6-19(23)7-9-20/h2,4-9,16H,3,10-15,17H2,1H3,(H,24,27)/p+2. The van der Waals surface area contributed by atoms with Gasteiger partial charge in [0.1, 0.15) is 37.7 Å². The van der Waals surface area contributed by atoms with Crippen LogP contribution in [-0.2, 0) is 4.79 Å². The van der Waals surface area contributed by atoms with E-state index in [-0.39, 0.29) is 11.7 Å². The maximum Gasteiger partial charge on any atom is 0.279 e. The Morgan fingerprint density at radius 1 is 1.07 bits per heavy atom. The SMILES string of the molecule is Cc1cccc(OCCC[NH+]2CC[NH+](CC(=O)Nc3ccc(F)cc3)CC2)c1. The van der Waals surface area contributed by atoms with Crippen molar-refractivity contribution < 1.29 is 23.7 Å². The Morgan fingerprint density at radius 3 is 2.50 bits per heavy atom. The number of benzene rings is 2. The second-order valence-corrected chi connectivity index (χ2v) is 7.50. The second-order valence-electron chi connectivity index (χ2n) is 7.50. The summed E-state index contributed by atoms with van der Waals surface area (Å²) in [6.07, 6.45) is 1.03. The number of ether oxygens (including phenoxy) is 1. The molecule has 1 aliphatic rings. The Bertz CT molecular complexity index is 759. The van der Waals surface area contributed by atoms with Crippen LogP contribution in [0.25, 0.3) is 0 Å². The van der Waals surface area contributed by atoms with E-state index in [1.807, 2.05) is 12.1 Å². The number of hydrogen-bond acceptors (Lipinski definition) is 2. The molecule has 150 valence electrons. The first kappa shape index (κ1) is 20.3. The predicted molar refractivity (Wildman–Crippen MR) is 107 cm³/mol. The molecule has 1 amide bonds. The van der Waals surface area contributed by atoms with Crippen molar-refractivity contribution >= 4 is 11.6 Å². The normalized spacial score (nSPS) is 19.2. The number of carbonyl (C=O) groups excluding carboxylic acids is 1. The molecule has 6 heteroatoms. The molecule has 0 atom stereocenters. The lowest BCUT2D eigenvalue weighted by molar-refractivity contribution is -1.01. The fourth-order valence-corrected chi connectivity index (χ4v) is 3.57. The lowest BCUT2D eigenvalue weighted by atomic mass is 10.2. The zero-order valence-corrected chi connectivity index (χ0v) is 16.5. The highest BCUT2D eigenvalue weighted by molar-refractivity contribution is 5.91. The number of quaternary nitrogens is 2. The number of hydrogen-bond donors (Lipinski definition) is 3. The smallest absolute Gasteiger partial charge is 0.279 e. The molecule has 3 N–H and O–H groups in total. The molecule has 0 bridgehead atoms. The number of halogens is 1. The van der Waals surface area contributed by atoms with Crippen LogP contribution in [0.4, 0.5) is 10.1 Å². The van der Waals surface area contributed by atoms with Crippen molar-refractivity contribution in [3.05, 3.63) is 59.9 Å². The van der Waals surface area contributed by atoms with Gasteiger partial charge in [-0.05, 0) is 48.9 Å². The van der Waals surface area contributed by atoms with Crippen molar-refractivity contribution in [2.24, 2.45) is 0 Å². The zero-order valence-electron chi connectivity index (χ0n) is 16.5. The summed E-state index contributed by atoms with van der Waals surface area (Å²) in [5.74, 6) is 0.625. The maximum atomic E-state index is 12.9. The van der Waals surface area contributed by atoms with Crippen molar-refractivity contribution in [2.45, 2.75) is 13.3 Å². The monoisotopic (exact) mass is 387 g/mol. The zero-order chi connectivity index (χ0) is 19.8. The van der Waals surface area contributed by atoms with Crippen molar-refractivity contribution in [3.63, 3.8) is 0 Å². The van der Waals surface area contributed by atoms with E-state index in [1.165, 1.54) is 22.6 Å². The van der Waals surface area contributed by atoms with Gasteiger partial charge in [-0.15, -0.1) is 0 Å². The highest BCUT2D eigenvalue weighted by Crippen LogP contribution is 2.12. The Labute approximate surface area is 166 Å². The minimum atomic E-state index is -0.299. The van der Waals surface area contributed by atoms with Gasteiger partial charge >= 0.3 is 0 Å². The van der Waals surface area contributed by atoms with E-state index in [1.54, 1.807) is 17.0 Å². The third-order valence-electron chi connectivity index (χ3n) is 5.14. The molecular weight excluding hydrogens is 357 g/mol. The Kier molecular flexibility index (Phi) is 7.39. The fourth-order valence-electron chi connectivity index (χ4n) is 3.57. The van der Waals surface area contributed by atoms with Crippen LogP contribution in [-0.4, -0.2) is 51.8 Å². The molecule has 2 aromatic carbocycles. The number of rotatable bonds is 8. The third kappa shape index (κ3) is 6.62. The van der Waals surface area contributed by atoms with Gasteiger partial charge in [0.05, 0.1) is 13.2 Å². The number of aryl methyl sites for hydroxylation is 1. The first-order chi connectivity index (χ1) is 13.6. The van der Waals surface area contributed by atoms with E-state index in [9.17, 15) is 9.18 Å². The quantitative estimate of drug-likeness (QED) is 0.572. The van der Waals surface area contributed by atoms with Gasteiger partial charge < -0.3 is 19.9 Å². The average Bonchev–Trinajstić information content (AvgIpc) is 2.68. The van der Waals surface area contributed by atoms with E-state index >= 15 is 0 Å². The van der Waals surface area contributed by atoms with E-state index in [4.69, 9.17) is 4.74 Å². The van der Waals surface area contributed by atoms with E-state index in [0.29, 0.717) is 12.2 Å². The van der Waals surface area contributed by atoms with Crippen LogP contribution < -0.4 is 19.9 Å². The molecule has 28 heavy (non-hydrogen) atoms. The van der Waals surface area contributed by atoms with E-state index < -0.39 is 0 Å². The summed E-state index contributed by atoms with van der Waals surface area (Å²) < 4.78 is 18.7. The van der Waals surface area contributed by atoms with Crippen LogP contribution in [0.3, 0.4) is 0 Å². The number of carbonyl (C=O) groups is 1. The Morgan fingerprint density at radius 2 is 1.79 bits per heavy atom. The van der Waals surface area contributed by atoms with Crippen molar-refractivity contribution in [1.29, 1.82) is 0 Å². The Balaban J connectivity index is 1.29. The van der Waals surface area contributed by atoms with Crippen LogP contribution in [0.2, 0.25) is 0 Å². The van der Waals surface area contributed by atoms with E-state index in [2.05, 4.69) is 24.4 Å². The molecule has 0 unspecified atom stereocenters. The predicted octanol–water partition coefficient (Wildman–Crippen LogP) is 0.325. The van der Waals surface area contributed by atoms with E-state index in [0.717, 1.165) is 51.5 Å². The highest BCUT2D eigenvalue weighted by Gasteiger charge is 2.24. The van der Waals surface area contributed by atoms with Crippen LogP contribution in [0.1, 0.15) is 12.0 Å². The number of nitrogens with one attached hydrogen (secondary N) is 3. The summed E-state index contributed by atoms with van der Waals surface area (Å²) in [5.41, 5.74) is 1.86. The summed E-state index contributed by atoms with van der Waals surface area (Å²) >= 11 is 0. The van der Waals surface area contributed by atoms with Crippen LogP contribution >= 0.6 is 0 Å². The molecule has 0 radical (unpaired) electrons. The number of amides is 1. The molecule has 5 nitrogen and oxygen atoms in total. The first-order valence-corrected chi connectivity index (χ1v) is 10.0. The van der Waals surface area contributed by atoms with Gasteiger partial charge in [-0.25, -0.2) is 4.39 Å². The first-order valence-electron chi connectivity index (χ1n) is 10.0. The molecule has 0 saturated carbocycles. The minimum absolute atomic E-state index is 0.0170. The fraction of sp³-hybridized carbons (Fsp3) is 0.409. The summed E-state index contributed by atoms with van der Waals surface area (Å²) in [5, 5.41) is 2.84. The highest BCUT2D eigenvalue weighted by atomic mass is 19.1. The lowest BCUT2D eigenvalue weighted by Crippen LogP contribution is -3.28. The van der Waals surface area contributed by atoms with Gasteiger partial charge in [0, 0.05) is 12.1 Å². The third-order valence-corrected chi connectivity index (χ3v) is 5.14. The molecule has 2 aromatic rings. The van der Waals surface area contributed by atoms with Crippen LogP contribution in [0.5, 0.6) is 5.75 Å². The maximum absolute atomic E-state index is 12.9. The summed E-state index contributed by atoms with van der Waals surface area (Å²) in [7, 11) is 0. The minimum Gasteiger partial charge on any atom is -0.493 e. The van der Waals surface area contributed by atoms with Gasteiger partial charge in [0.25, 0.3) is 5.91 Å². The molecule has 0 spiro atoms. The van der Waals surface area contributed by atoms with Crippen molar-refractivity contribution in [2.75, 3.05) is 51.2 Å². The van der Waals surface area contributed by atoms with Gasteiger partial charge in [-0.3, -0.25) is 4.79 Å². The largest absolute Gasteiger partial charge is 0.493 e. The molecule has 0 aromatic heterocycles. The molecule has 3 rings (SSSR count). The Hall–Kier alpha value is -2.44. The van der Waals surface area contributed by atoms with Crippen molar-refractivity contribution in [3.8, 4) is 5.75 Å². The molecule has 1 heterocycles.